The molecule has 1 aliphatic carbocycles. The minimum Gasteiger partial charge on any atom is -0.0880 e. The first-order valence-electron chi connectivity index (χ1n) is 6.62. The van der Waals surface area contributed by atoms with Gasteiger partial charge in [-0.1, -0.05) is 76.7 Å². The van der Waals surface area contributed by atoms with Crippen LogP contribution >= 0.6 is 15.9 Å². The number of benzene rings is 1. The van der Waals surface area contributed by atoms with Crippen molar-refractivity contribution < 1.29 is 0 Å². The predicted molar refractivity (Wildman–Crippen MR) is 79.5 cm³/mol. The predicted octanol–water partition coefficient (Wildman–Crippen LogP) is 5.35. The van der Waals surface area contributed by atoms with Gasteiger partial charge in [0.15, 0.2) is 0 Å². The van der Waals surface area contributed by atoms with E-state index >= 15 is 0 Å². The zero-order chi connectivity index (χ0) is 12.1. The lowest BCUT2D eigenvalue weighted by Crippen LogP contribution is -2.10. The van der Waals surface area contributed by atoms with Gasteiger partial charge in [0.2, 0.25) is 0 Å². The van der Waals surface area contributed by atoms with E-state index in [4.69, 9.17) is 0 Å². The molecule has 0 spiro atoms. The Kier molecular flexibility index (Phi) is 4.85. The van der Waals surface area contributed by atoms with Crippen molar-refractivity contribution in [3.8, 4) is 0 Å². The van der Waals surface area contributed by atoms with Gasteiger partial charge in [-0.2, -0.15) is 0 Å². The molecule has 2 rings (SSSR count). The summed E-state index contributed by atoms with van der Waals surface area (Å²) in [7, 11) is 0. The minimum absolute atomic E-state index is 0.810. The average Bonchev–Trinajstić information content (AvgIpc) is 2.39. The SMILES string of the molecule is Cc1ccc(C=C(CBr)C2CCCCC2)cc1. The Balaban J connectivity index is 2.13. The molecule has 0 N–H and O–H groups in total. The Morgan fingerprint density at radius 1 is 1.18 bits per heavy atom. The van der Waals surface area contributed by atoms with Gasteiger partial charge in [0.25, 0.3) is 0 Å². The van der Waals surface area contributed by atoms with Crippen LogP contribution in [0, 0.1) is 12.8 Å². The molecule has 0 heterocycles. The maximum absolute atomic E-state index is 3.66. The second-order valence-electron chi connectivity index (χ2n) is 5.10. The third kappa shape index (κ3) is 3.70. The monoisotopic (exact) mass is 292 g/mol. The zero-order valence-corrected chi connectivity index (χ0v) is 12.2. The molecule has 0 bridgehead atoms. The lowest BCUT2D eigenvalue weighted by molar-refractivity contribution is 0.405. The molecule has 1 aromatic rings. The first-order valence-corrected chi connectivity index (χ1v) is 7.75. The van der Waals surface area contributed by atoms with Crippen LogP contribution in [-0.2, 0) is 0 Å². The van der Waals surface area contributed by atoms with Crippen molar-refractivity contribution in [2.24, 2.45) is 5.92 Å². The largest absolute Gasteiger partial charge is 0.0880 e. The highest BCUT2D eigenvalue weighted by Gasteiger charge is 2.16. The lowest BCUT2D eigenvalue weighted by atomic mass is 9.84. The number of halogens is 1. The molecule has 0 aliphatic heterocycles. The lowest BCUT2D eigenvalue weighted by Gasteiger charge is -2.23. The Labute approximate surface area is 113 Å². The van der Waals surface area contributed by atoms with E-state index in [1.807, 2.05) is 0 Å². The number of rotatable bonds is 3. The maximum atomic E-state index is 3.66. The maximum Gasteiger partial charge on any atom is 0.0247 e. The molecule has 0 amide bonds. The van der Waals surface area contributed by atoms with Crippen molar-refractivity contribution in [2.45, 2.75) is 39.0 Å². The van der Waals surface area contributed by atoms with Crippen LogP contribution in [0.2, 0.25) is 0 Å². The summed E-state index contributed by atoms with van der Waals surface area (Å²) in [5.74, 6) is 0.810. The van der Waals surface area contributed by atoms with Crippen LogP contribution in [0.3, 0.4) is 0 Å². The van der Waals surface area contributed by atoms with Crippen molar-refractivity contribution in [3.63, 3.8) is 0 Å². The van der Waals surface area contributed by atoms with E-state index in [1.165, 1.54) is 43.2 Å². The van der Waals surface area contributed by atoms with Crippen LogP contribution in [-0.4, -0.2) is 5.33 Å². The fraction of sp³-hybridized carbons (Fsp3) is 0.500. The van der Waals surface area contributed by atoms with E-state index < -0.39 is 0 Å². The summed E-state index contributed by atoms with van der Waals surface area (Å²) in [5, 5.41) is 1.02. The Bertz CT molecular complexity index is 369. The molecule has 0 unspecified atom stereocenters. The van der Waals surface area contributed by atoms with Crippen molar-refractivity contribution in [1.82, 2.24) is 0 Å². The molecule has 1 aromatic carbocycles. The van der Waals surface area contributed by atoms with Crippen molar-refractivity contribution in [2.75, 3.05) is 5.33 Å². The molecule has 92 valence electrons. The first kappa shape index (κ1) is 12.9. The van der Waals surface area contributed by atoms with E-state index in [0.717, 1.165) is 11.2 Å². The Morgan fingerprint density at radius 3 is 2.41 bits per heavy atom. The van der Waals surface area contributed by atoms with Crippen LogP contribution in [0.4, 0.5) is 0 Å². The van der Waals surface area contributed by atoms with Crippen LogP contribution < -0.4 is 0 Å². The van der Waals surface area contributed by atoms with Crippen LogP contribution in [0.15, 0.2) is 29.8 Å². The van der Waals surface area contributed by atoms with Crippen molar-refractivity contribution >= 4 is 22.0 Å². The number of aryl methyl sites for hydroxylation is 1. The first-order chi connectivity index (χ1) is 8.29. The molecule has 0 atom stereocenters. The van der Waals surface area contributed by atoms with E-state index in [0.29, 0.717) is 0 Å². The summed E-state index contributed by atoms with van der Waals surface area (Å²) in [4.78, 5) is 0. The number of hydrogen-bond donors (Lipinski definition) is 0. The van der Waals surface area contributed by atoms with Gasteiger partial charge in [0, 0.05) is 5.33 Å². The van der Waals surface area contributed by atoms with Gasteiger partial charge in [-0.15, -0.1) is 0 Å². The fourth-order valence-electron chi connectivity index (χ4n) is 2.62. The van der Waals surface area contributed by atoms with E-state index in [2.05, 4.69) is 53.2 Å². The molecule has 0 radical (unpaired) electrons. The molecular formula is C16H21Br. The standard InChI is InChI=1S/C16H21Br/c1-13-7-9-14(10-8-13)11-16(12-17)15-5-3-2-4-6-15/h7-11,15H,2-6,12H2,1H3. The Hall–Kier alpha value is -0.560. The molecule has 1 saturated carbocycles. The smallest absolute Gasteiger partial charge is 0.0247 e. The summed E-state index contributed by atoms with van der Waals surface area (Å²) in [6.07, 6.45) is 9.37. The van der Waals surface area contributed by atoms with Gasteiger partial charge in [0.1, 0.15) is 0 Å². The molecular weight excluding hydrogens is 272 g/mol. The molecule has 17 heavy (non-hydrogen) atoms. The fourth-order valence-corrected chi connectivity index (χ4v) is 3.24. The average molecular weight is 293 g/mol. The van der Waals surface area contributed by atoms with E-state index in [9.17, 15) is 0 Å². The summed E-state index contributed by atoms with van der Waals surface area (Å²) < 4.78 is 0. The van der Waals surface area contributed by atoms with Crippen LogP contribution in [0.25, 0.3) is 6.08 Å². The quantitative estimate of drug-likeness (QED) is 0.659. The van der Waals surface area contributed by atoms with Gasteiger partial charge in [-0.25, -0.2) is 0 Å². The molecule has 1 aliphatic rings. The summed E-state index contributed by atoms with van der Waals surface area (Å²) >= 11 is 3.66. The topological polar surface area (TPSA) is 0 Å². The van der Waals surface area contributed by atoms with E-state index in [1.54, 1.807) is 5.57 Å². The molecule has 0 nitrogen and oxygen atoms in total. The Morgan fingerprint density at radius 2 is 1.82 bits per heavy atom. The minimum atomic E-state index is 0.810. The highest BCUT2D eigenvalue weighted by Crippen LogP contribution is 2.31. The summed E-state index contributed by atoms with van der Waals surface area (Å²) in [6.45, 7) is 2.14. The van der Waals surface area contributed by atoms with Gasteiger partial charge in [-0.3, -0.25) is 0 Å². The molecule has 1 fully saturated rings. The van der Waals surface area contributed by atoms with Crippen molar-refractivity contribution in [3.05, 3.63) is 41.0 Å². The van der Waals surface area contributed by atoms with Gasteiger partial charge < -0.3 is 0 Å². The van der Waals surface area contributed by atoms with Gasteiger partial charge in [-0.05, 0) is 31.2 Å². The number of hydrogen-bond acceptors (Lipinski definition) is 0. The second kappa shape index (κ2) is 6.39. The van der Waals surface area contributed by atoms with Crippen LogP contribution in [0.1, 0.15) is 43.2 Å². The highest BCUT2D eigenvalue weighted by atomic mass is 79.9. The summed E-state index contributed by atoms with van der Waals surface area (Å²) in [6, 6.07) is 8.83. The van der Waals surface area contributed by atoms with Crippen molar-refractivity contribution in [1.29, 1.82) is 0 Å². The summed E-state index contributed by atoms with van der Waals surface area (Å²) in [5.41, 5.74) is 4.25. The number of alkyl halides is 1. The van der Waals surface area contributed by atoms with Gasteiger partial charge >= 0.3 is 0 Å². The highest BCUT2D eigenvalue weighted by molar-refractivity contribution is 9.09. The molecule has 0 aromatic heterocycles. The normalized spacial score (nSPS) is 18.4. The second-order valence-corrected chi connectivity index (χ2v) is 5.66. The zero-order valence-electron chi connectivity index (χ0n) is 10.6. The van der Waals surface area contributed by atoms with E-state index in [-0.39, 0.29) is 0 Å². The third-order valence-corrected chi connectivity index (χ3v) is 4.36. The molecule has 1 heteroatoms. The third-order valence-electron chi connectivity index (χ3n) is 3.71. The van der Waals surface area contributed by atoms with Gasteiger partial charge in [0.05, 0.1) is 0 Å². The molecule has 0 saturated heterocycles. The van der Waals surface area contributed by atoms with Crippen LogP contribution in [0.5, 0.6) is 0 Å². The number of allylic oxidation sites excluding steroid dienone is 1.